The molecule has 1 fully saturated rings. The van der Waals surface area contributed by atoms with Gasteiger partial charge in [-0.05, 0) is 25.0 Å². The Morgan fingerprint density at radius 1 is 1.47 bits per heavy atom. The number of nitrogens with two attached hydrogens (primary N) is 1. The van der Waals surface area contributed by atoms with Crippen LogP contribution in [0.1, 0.15) is 18.9 Å². The zero-order chi connectivity index (χ0) is 10.8. The number of likely N-dealkylation sites (tertiary alicyclic amines) is 1. The molecule has 1 aliphatic rings. The first-order chi connectivity index (χ1) is 7.18. The third kappa shape index (κ3) is 2.33. The number of rotatable bonds is 2. The highest BCUT2D eigenvalue weighted by Crippen LogP contribution is 2.22. The van der Waals surface area contributed by atoms with Gasteiger partial charge in [0, 0.05) is 30.2 Å². The standard InChI is InChI=1S/C12H17ClN2/c1-9-12(14)6-7-15(9)8-10-4-2-3-5-11(10)13/h2-5,9,12H,6-8,14H2,1H3. The molecule has 0 aliphatic carbocycles. The van der Waals surface area contributed by atoms with Crippen LogP contribution in [0.5, 0.6) is 0 Å². The zero-order valence-electron chi connectivity index (χ0n) is 8.99. The average Bonchev–Trinajstić information content (AvgIpc) is 2.53. The van der Waals surface area contributed by atoms with E-state index in [1.54, 1.807) is 0 Å². The number of halogens is 1. The molecule has 1 heterocycles. The molecule has 1 aliphatic heterocycles. The van der Waals surface area contributed by atoms with Gasteiger partial charge in [-0.15, -0.1) is 0 Å². The van der Waals surface area contributed by atoms with E-state index in [4.69, 9.17) is 17.3 Å². The van der Waals surface area contributed by atoms with Gasteiger partial charge in [-0.1, -0.05) is 29.8 Å². The molecule has 2 N–H and O–H groups in total. The number of hydrogen-bond donors (Lipinski definition) is 1. The summed E-state index contributed by atoms with van der Waals surface area (Å²) in [6.45, 7) is 4.18. The van der Waals surface area contributed by atoms with E-state index < -0.39 is 0 Å². The molecule has 15 heavy (non-hydrogen) atoms. The van der Waals surface area contributed by atoms with E-state index in [1.807, 2.05) is 18.2 Å². The van der Waals surface area contributed by atoms with Gasteiger partial charge >= 0.3 is 0 Å². The SMILES string of the molecule is CC1C(N)CCN1Cc1ccccc1Cl. The Labute approximate surface area is 96.0 Å². The first-order valence-corrected chi connectivity index (χ1v) is 5.79. The van der Waals surface area contributed by atoms with Crippen LogP contribution < -0.4 is 5.73 Å². The molecule has 1 aromatic carbocycles. The molecule has 1 saturated heterocycles. The van der Waals surface area contributed by atoms with Crippen LogP contribution in [0.3, 0.4) is 0 Å². The normalized spacial score (nSPS) is 27.1. The van der Waals surface area contributed by atoms with Gasteiger partial charge in [-0.2, -0.15) is 0 Å². The Morgan fingerprint density at radius 2 is 2.20 bits per heavy atom. The smallest absolute Gasteiger partial charge is 0.0451 e. The van der Waals surface area contributed by atoms with Crippen molar-refractivity contribution in [1.82, 2.24) is 4.90 Å². The minimum atomic E-state index is 0.312. The summed E-state index contributed by atoms with van der Waals surface area (Å²) in [5.41, 5.74) is 7.18. The van der Waals surface area contributed by atoms with Gasteiger partial charge in [0.15, 0.2) is 0 Å². The van der Waals surface area contributed by atoms with Crippen molar-refractivity contribution in [3.63, 3.8) is 0 Å². The molecule has 82 valence electrons. The fourth-order valence-electron chi connectivity index (χ4n) is 2.10. The minimum absolute atomic E-state index is 0.312. The molecular formula is C12H17ClN2. The van der Waals surface area contributed by atoms with Crippen molar-refractivity contribution in [3.8, 4) is 0 Å². The Hall–Kier alpha value is -0.570. The first-order valence-electron chi connectivity index (χ1n) is 5.41. The lowest BCUT2D eigenvalue weighted by Crippen LogP contribution is -2.36. The number of hydrogen-bond acceptors (Lipinski definition) is 2. The lowest BCUT2D eigenvalue weighted by atomic mass is 10.1. The highest BCUT2D eigenvalue weighted by atomic mass is 35.5. The van der Waals surface area contributed by atoms with Crippen LogP contribution in [0.4, 0.5) is 0 Å². The fourth-order valence-corrected chi connectivity index (χ4v) is 2.29. The Balaban J connectivity index is 2.07. The van der Waals surface area contributed by atoms with Crippen LogP contribution in [0.2, 0.25) is 5.02 Å². The topological polar surface area (TPSA) is 29.3 Å². The van der Waals surface area contributed by atoms with Gasteiger partial charge in [0.05, 0.1) is 0 Å². The van der Waals surface area contributed by atoms with Crippen LogP contribution >= 0.6 is 11.6 Å². The molecule has 0 amide bonds. The van der Waals surface area contributed by atoms with Crippen LogP contribution in [0.15, 0.2) is 24.3 Å². The summed E-state index contributed by atoms with van der Waals surface area (Å²) in [4.78, 5) is 2.39. The van der Waals surface area contributed by atoms with Gasteiger partial charge in [0.25, 0.3) is 0 Å². The maximum absolute atomic E-state index is 6.13. The van der Waals surface area contributed by atoms with Crippen molar-refractivity contribution in [3.05, 3.63) is 34.9 Å². The van der Waals surface area contributed by atoms with E-state index in [0.717, 1.165) is 24.5 Å². The van der Waals surface area contributed by atoms with Crippen molar-refractivity contribution in [2.45, 2.75) is 32.0 Å². The average molecular weight is 225 g/mol. The molecule has 0 bridgehead atoms. The maximum Gasteiger partial charge on any atom is 0.0451 e. The number of nitrogens with zero attached hydrogens (tertiary/aromatic N) is 1. The van der Waals surface area contributed by atoms with E-state index >= 15 is 0 Å². The Kier molecular flexibility index (Phi) is 3.29. The molecule has 2 atom stereocenters. The molecule has 3 heteroatoms. The molecular weight excluding hydrogens is 208 g/mol. The lowest BCUT2D eigenvalue weighted by molar-refractivity contribution is 0.252. The van der Waals surface area contributed by atoms with Gasteiger partial charge in [-0.3, -0.25) is 4.90 Å². The lowest BCUT2D eigenvalue weighted by Gasteiger charge is -2.23. The van der Waals surface area contributed by atoms with E-state index in [1.165, 1.54) is 5.56 Å². The second-order valence-electron chi connectivity index (χ2n) is 4.26. The van der Waals surface area contributed by atoms with E-state index in [-0.39, 0.29) is 0 Å². The van der Waals surface area contributed by atoms with Crippen molar-refractivity contribution >= 4 is 11.6 Å². The fraction of sp³-hybridized carbons (Fsp3) is 0.500. The van der Waals surface area contributed by atoms with Crippen LogP contribution in [-0.2, 0) is 6.54 Å². The molecule has 2 unspecified atom stereocenters. The predicted octanol–water partition coefficient (Wildman–Crippen LogP) is 2.26. The molecule has 2 rings (SSSR count). The second-order valence-corrected chi connectivity index (χ2v) is 4.66. The van der Waals surface area contributed by atoms with Crippen molar-refractivity contribution < 1.29 is 0 Å². The van der Waals surface area contributed by atoms with Gasteiger partial charge < -0.3 is 5.73 Å². The minimum Gasteiger partial charge on any atom is -0.326 e. The van der Waals surface area contributed by atoms with Crippen molar-refractivity contribution in [2.24, 2.45) is 5.73 Å². The first kappa shape index (κ1) is 10.9. The molecule has 0 aromatic heterocycles. The maximum atomic E-state index is 6.13. The largest absolute Gasteiger partial charge is 0.326 e. The monoisotopic (exact) mass is 224 g/mol. The summed E-state index contributed by atoms with van der Waals surface area (Å²) >= 11 is 6.13. The van der Waals surface area contributed by atoms with Crippen molar-refractivity contribution in [1.29, 1.82) is 0 Å². The number of benzene rings is 1. The third-order valence-corrected chi connectivity index (χ3v) is 3.65. The van der Waals surface area contributed by atoms with Crippen molar-refractivity contribution in [2.75, 3.05) is 6.54 Å². The van der Waals surface area contributed by atoms with Gasteiger partial charge in [-0.25, -0.2) is 0 Å². The van der Waals surface area contributed by atoms with E-state index in [2.05, 4.69) is 17.9 Å². The van der Waals surface area contributed by atoms with E-state index in [0.29, 0.717) is 12.1 Å². The second kappa shape index (κ2) is 4.52. The van der Waals surface area contributed by atoms with Gasteiger partial charge in [0.2, 0.25) is 0 Å². The highest BCUT2D eigenvalue weighted by molar-refractivity contribution is 6.31. The summed E-state index contributed by atoms with van der Waals surface area (Å²) in [6.07, 6.45) is 1.09. The molecule has 0 spiro atoms. The Morgan fingerprint density at radius 3 is 2.80 bits per heavy atom. The molecule has 2 nitrogen and oxygen atoms in total. The summed E-state index contributed by atoms with van der Waals surface area (Å²) < 4.78 is 0. The van der Waals surface area contributed by atoms with Crippen LogP contribution in [-0.4, -0.2) is 23.5 Å². The summed E-state index contributed by atoms with van der Waals surface area (Å²) in [5.74, 6) is 0. The Bertz CT molecular complexity index is 340. The van der Waals surface area contributed by atoms with Crippen LogP contribution in [0, 0.1) is 0 Å². The third-order valence-electron chi connectivity index (χ3n) is 3.28. The summed E-state index contributed by atoms with van der Waals surface area (Å²) in [6, 6.07) is 8.79. The molecule has 1 aromatic rings. The summed E-state index contributed by atoms with van der Waals surface area (Å²) in [7, 11) is 0. The quantitative estimate of drug-likeness (QED) is 0.835. The van der Waals surface area contributed by atoms with Crippen LogP contribution in [0.25, 0.3) is 0 Å². The molecule has 0 radical (unpaired) electrons. The van der Waals surface area contributed by atoms with E-state index in [9.17, 15) is 0 Å². The zero-order valence-corrected chi connectivity index (χ0v) is 9.74. The predicted molar refractivity (Wildman–Crippen MR) is 63.9 cm³/mol. The van der Waals surface area contributed by atoms with Gasteiger partial charge in [0.1, 0.15) is 0 Å². The summed E-state index contributed by atoms with van der Waals surface area (Å²) in [5, 5.41) is 0.852. The molecule has 0 saturated carbocycles. The highest BCUT2D eigenvalue weighted by Gasteiger charge is 2.27.